The number of carboxylic acid groups (broad SMARTS) is 1. The van der Waals surface area contributed by atoms with Crippen molar-refractivity contribution in [2.45, 2.75) is 0 Å². The smallest absolute Gasteiger partial charge is 0.345 e. The molecule has 0 unspecified atom stereocenters. The van der Waals surface area contributed by atoms with Crippen LogP contribution in [0.15, 0.2) is 35.7 Å². The van der Waals surface area contributed by atoms with Crippen molar-refractivity contribution in [3.05, 3.63) is 40.6 Å². The molecule has 2 rings (SSSR count). The van der Waals surface area contributed by atoms with Crippen molar-refractivity contribution in [2.75, 3.05) is 0 Å². The Morgan fingerprint density at radius 3 is 2.60 bits per heavy atom. The van der Waals surface area contributed by atoms with Gasteiger partial charge in [-0.1, -0.05) is 12.1 Å². The largest absolute Gasteiger partial charge is 0.508 e. The summed E-state index contributed by atoms with van der Waals surface area (Å²) in [5, 5.41) is 19.8. The quantitative estimate of drug-likeness (QED) is 0.818. The van der Waals surface area contributed by atoms with Gasteiger partial charge in [-0.2, -0.15) is 0 Å². The molecular formula is C11H8O3S. The Balaban J connectivity index is 2.41. The van der Waals surface area contributed by atoms with Crippen molar-refractivity contribution in [3.63, 3.8) is 0 Å². The number of carbonyl (C=O) groups is 1. The van der Waals surface area contributed by atoms with Crippen LogP contribution in [0.25, 0.3) is 11.1 Å². The van der Waals surface area contributed by atoms with Gasteiger partial charge in [0, 0.05) is 0 Å². The Morgan fingerprint density at radius 1 is 1.20 bits per heavy atom. The maximum absolute atomic E-state index is 10.7. The lowest BCUT2D eigenvalue weighted by Crippen LogP contribution is -1.89. The number of benzene rings is 1. The van der Waals surface area contributed by atoms with E-state index in [9.17, 15) is 9.90 Å². The second-order valence-electron chi connectivity index (χ2n) is 3.06. The van der Waals surface area contributed by atoms with E-state index in [0.29, 0.717) is 4.88 Å². The average Bonchev–Trinajstić information content (AvgIpc) is 2.66. The van der Waals surface area contributed by atoms with Crippen molar-refractivity contribution >= 4 is 17.3 Å². The molecule has 1 aromatic carbocycles. The van der Waals surface area contributed by atoms with Crippen LogP contribution in [0.4, 0.5) is 0 Å². The maximum atomic E-state index is 10.7. The minimum absolute atomic E-state index is 0.176. The summed E-state index contributed by atoms with van der Waals surface area (Å²) < 4.78 is 0. The van der Waals surface area contributed by atoms with Crippen LogP contribution in [-0.2, 0) is 0 Å². The van der Waals surface area contributed by atoms with Crippen LogP contribution >= 0.6 is 11.3 Å². The summed E-state index contributed by atoms with van der Waals surface area (Å²) in [5.74, 6) is -0.748. The summed E-state index contributed by atoms with van der Waals surface area (Å²) in [5.41, 5.74) is 1.63. The molecule has 0 bridgehead atoms. The average molecular weight is 220 g/mol. The van der Waals surface area contributed by atoms with E-state index in [-0.39, 0.29) is 5.75 Å². The summed E-state index contributed by atoms with van der Waals surface area (Å²) in [6, 6.07) is 8.33. The third-order valence-corrected chi connectivity index (χ3v) is 2.91. The molecule has 0 fully saturated rings. The highest BCUT2D eigenvalue weighted by Crippen LogP contribution is 2.27. The summed E-state index contributed by atoms with van der Waals surface area (Å²) in [4.78, 5) is 11.0. The van der Waals surface area contributed by atoms with Gasteiger partial charge in [0.15, 0.2) is 0 Å². The molecular weight excluding hydrogens is 212 g/mol. The van der Waals surface area contributed by atoms with Crippen molar-refractivity contribution in [1.29, 1.82) is 0 Å². The van der Waals surface area contributed by atoms with Crippen molar-refractivity contribution in [1.82, 2.24) is 0 Å². The molecule has 0 spiro atoms. The number of hydrogen-bond donors (Lipinski definition) is 2. The van der Waals surface area contributed by atoms with E-state index in [1.54, 1.807) is 29.6 Å². The van der Waals surface area contributed by atoms with Gasteiger partial charge in [-0.05, 0) is 34.7 Å². The first-order valence-corrected chi connectivity index (χ1v) is 5.16. The number of rotatable bonds is 2. The number of carboxylic acids is 1. The Morgan fingerprint density at radius 2 is 2.00 bits per heavy atom. The van der Waals surface area contributed by atoms with Gasteiger partial charge in [0.1, 0.15) is 10.6 Å². The minimum atomic E-state index is -0.925. The summed E-state index contributed by atoms with van der Waals surface area (Å²) in [6.07, 6.45) is 0. The fourth-order valence-corrected chi connectivity index (χ4v) is 2.04. The molecule has 2 N–H and O–H groups in total. The lowest BCUT2D eigenvalue weighted by atomic mass is 10.1. The number of aromatic hydroxyl groups is 1. The molecule has 76 valence electrons. The van der Waals surface area contributed by atoms with E-state index >= 15 is 0 Å². The van der Waals surface area contributed by atoms with E-state index in [1.165, 1.54) is 11.3 Å². The van der Waals surface area contributed by atoms with E-state index in [4.69, 9.17) is 5.11 Å². The lowest BCUT2D eigenvalue weighted by molar-refractivity contribution is 0.0702. The zero-order valence-electron chi connectivity index (χ0n) is 7.68. The molecule has 0 aliphatic carbocycles. The van der Waals surface area contributed by atoms with E-state index in [2.05, 4.69) is 0 Å². The Labute approximate surface area is 90.2 Å². The van der Waals surface area contributed by atoms with E-state index < -0.39 is 5.97 Å². The van der Waals surface area contributed by atoms with Crippen LogP contribution in [0, 0.1) is 0 Å². The Kier molecular flexibility index (Phi) is 2.43. The molecule has 0 saturated heterocycles. The SMILES string of the molecule is O=C(O)c1cc(-c2cccc(O)c2)cs1. The fourth-order valence-electron chi connectivity index (χ4n) is 1.29. The van der Waals surface area contributed by atoms with Gasteiger partial charge in [-0.25, -0.2) is 4.79 Å². The first kappa shape index (κ1) is 9.73. The van der Waals surface area contributed by atoms with Crippen LogP contribution in [0.5, 0.6) is 5.75 Å². The van der Waals surface area contributed by atoms with Crippen LogP contribution in [0.2, 0.25) is 0 Å². The molecule has 0 aliphatic rings. The Hall–Kier alpha value is -1.81. The van der Waals surface area contributed by atoms with E-state index in [0.717, 1.165) is 11.1 Å². The lowest BCUT2D eigenvalue weighted by Gasteiger charge is -1.97. The second-order valence-corrected chi connectivity index (χ2v) is 3.97. The van der Waals surface area contributed by atoms with Crippen LogP contribution < -0.4 is 0 Å². The van der Waals surface area contributed by atoms with E-state index in [1.807, 2.05) is 6.07 Å². The molecule has 15 heavy (non-hydrogen) atoms. The fraction of sp³-hybridized carbons (Fsp3) is 0. The van der Waals surface area contributed by atoms with Gasteiger partial charge in [0.2, 0.25) is 0 Å². The highest BCUT2D eigenvalue weighted by atomic mass is 32.1. The molecule has 0 saturated carbocycles. The maximum Gasteiger partial charge on any atom is 0.345 e. The second kappa shape index (κ2) is 3.74. The van der Waals surface area contributed by atoms with Gasteiger partial charge >= 0.3 is 5.97 Å². The summed E-state index contributed by atoms with van der Waals surface area (Å²) >= 11 is 1.18. The van der Waals surface area contributed by atoms with Crippen molar-refractivity contribution < 1.29 is 15.0 Å². The van der Waals surface area contributed by atoms with Crippen LogP contribution in [-0.4, -0.2) is 16.2 Å². The molecule has 3 nitrogen and oxygen atoms in total. The Bertz CT molecular complexity index is 502. The number of phenolic OH excluding ortho intramolecular Hbond substituents is 1. The standard InChI is InChI=1S/C11H8O3S/c12-9-3-1-2-7(4-9)8-5-10(11(13)14)15-6-8/h1-6,12H,(H,13,14). The van der Waals surface area contributed by atoms with Gasteiger partial charge in [-0.3, -0.25) is 0 Å². The third kappa shape index (κ3) is 1.99. The first-order chi connectivity index (χ1) is 7.16. The van der Waals surface area contributed by atoms with Gasteiger partial charge in [0.05, 0.1) is 0 Å². The van der Waals surface area contributed by atoms with Gasteiger partial charge in [0.25, 0.3) is 0 Å². The number of phenols is 1. The molecule has 1 heterocycles. The molecule has 0 radical (unpaired) electrons. The number of hydrogen-bond acceptors (Lipinski definition) is 3. The molecule has 2 aromatic rings. The van der Waals surface area contributed by atoms with Crippen LogP contribution in [0.1, 0.15) is 9.67 Å². The van der Waals surface area contributed by atoms with Gasteiger partial charge < -0.3 is 10.2 Å². The monoisotopic (exact) mass is 220 g/mol. The van der Waals surface area contributed by atoms with Crippen molar-refractivity contribution in [3.8, 4) is 16.9 Å². The predicted octanol–water partition coefficient (Wildman–Crippen LogP) is 2.82. The zero-order valence-corrected chi connectivity index (χ0v) is 8.49. The molecule has 1 aromatic heterocycles. The van der Waals surface area contributed by atoms with Crippen molar-refractivity contribution in [2.24, 2.45) is 0 Å². The highest BCUT2D eigenvalue weighted by Gasteiger charge is 2.08. The predicted molar refractivity (Wildman–Crippen MR) is 58.4 cm³/mol. The summed E-state index contributed by atoms with van der Waals surface area (Å²) in [7, 11) is 0. The molecule has 4 heteroatoms. The van der Waals surface area contributed by atoms with Crippen LogP contribution in [0.3, 0.4) is 0 Å². The highest BCUT2D eigenvalue weighted by molar-refractivity contribution is 7.12. The number of thiophene rings is 1. The summed E-state index contributed by atoms with van der Waals surface area (Å²) in [6.45, 7) is 0. The number of aromatic carboxylic acids is 1. The van der Waals surface area contributed by atoms with Gasteiger partial charge in [-0.15, -0.1) is 11.3 Å². The zero-order chi connectivity index (χ0) is 10.8. The molecule has 0 atom stereocenters. The topological polar surface area (TPSA) is 57.5 Å². The molecule has 0 amide bonds. The first-order valence-electron chi connectivity index (χ1n) is 4.28. The minimum Gasteiger partial charge on any atom is -0.508 e. The molecule has 0 aliphatic heterocycles. The third-order valence-electron chi connectivity index (χ3n) is 1.99. The normalized spacial score (nSPS) is 10.1.